The van der Waals surface area contributed by atoms with Gasteiger partial charge < -0.3 is 16.4 Å². The van der Waals surface area contributed by atoms with E-state index >= 15 is 0 Å². The highest BCUT2D eigenvalue weighted by Gasteiger charge is 2.07. The zero-order valence-corrected chi connectivity index (χ0v) is 11.4. The van der Waals surface area contributed by atoms with Crippen molar-refractivity contribution < 1.29 is 9.59 Å². The van der Waals surface area contributed by atoms with Crippen molar-refractivity contribution >= 4 is 11.8 Å². The molecule has 104 valence electrons. The van der Waals surface area contributed by atoms with Gasteiger partial charge in [-0.1, -0.05) is 12.1 Å². The van der Waals surface area contributed by atoms with Crippen LogP contribution in [0, 0.1) is 0 Å². The van der Waals surface area contributed by atoms with Gasteiger partial charge in [-0.3, -0.25) is 9.59 Å². The van der Waals surface area contributed by atoms with Crippen molar-refractivity contribution in [1.29, 1.82) is 0 Å². The van der Waals surface area contributed by atoms with Crippen LogP contribution >= 0.6 is 0 Å². The second-order valence-electron chi connectivity index (χ2n) is 4.52. The highest BCUT2D eigenvalue weighted by atomic mass is 16.2. The molecule has 0 fully saturated rings. The summed E-state index contributed by atoms with van der Waals surface area (Å²) in [5, 5.41) is 5.51. The van der Waals surface area contributed by atoms with Crippen molar-refractivity contribution in [1.82, 2.24) is 10.6 Å². The van der Waals surface area contributed by atoms with Crippen LogP contribution in [0.2, 0.25) is 0 Å². The van der Waals surface area contributed by atoms with E-state index in [9.17, 15) is 9.59 Å². The first-order valence-electron chi connectivity index (χ1n) is 6.42. The Morgan fingerprint density at radius 3 is 2.68 bits per heavy atom. The molecule has 19 heavy (non-hydrogen) atoms. The summed E-state index contributed by atoms with van der Waals surface area (Å²) in [5.41, 5.74) is 7.03. The molecule has 2 amide bonds. The number of amides is 2. The van der Waals surface area contributed by atoms with Crippen LogP contribution in [0.3, 0.4) is 0 Å². The summed E-state index contributed by atoms with van der Waals surface area (Å²) in [5.74, 6) is -0.190. The van der Waals surface area contributed by atoms with Crippen molar-refractivity contribution in [2.75, 3.05) is 6.54 Å². The lowest BCUT2D eigenvalue weighted by molar-refractivity contribution is -0.121. The normalized spacial score (nSPS) is 11.7. The van der Waals surface area contributed by atoms with Crippen molar-refractivity contribution in [3.63, 3.8) is 0 Å². The van der Waals surface area contributed by atoms with Gasteiger partial charge in [0.2, 0.25) is 5.91 Å². The second-order valence-corrected chi connectivity index (χ2v) is 4.52. The van der Waals surface area contributed by atoms with Crippen molar-refractivity contribution in [3.05, 3.63) is 35.4 Å². The molecule has 5 heteroatoms. The first-order chi connectivity index (χ1) is 9.02. The zero-order chi connectivity index (χ0) is 14.3. The Morgan fingerprint density at radius 2 is 2.05 bits per heavy atom. The van der Waals surface area contributed by atoms with Crippen molar-refractivity contribution in [2.45, 2.75) is 32.9 Å². The van der Waals surface area contributed by atoms with Gasteiger partial charge in [0.25, 0.3) is 5.91 Å². The summed E-state index contributed by atoms with van der Waals surface area (Å²) in [6.45, 7) is 4.65. The Morgan fingerprint density at radius 1 is 1.32 bits per heavy atom. The van der Waals surface area contributed by atoms with Gasteiger partial charge in [0.15, 0.2) is 0 Å². The third kappa shape index (κ3) is 5.52. The van der Waals surface area contributed by atoms with Crippen molar-refractivity contribution in [3.8, 4) is 0 Å². The number of nitrogens with two attached hydrogens (primary N) is 1. The highest BCUT2D eigenvalue weighted by Crippen LogP contribution is 2.05. The van der Waals surface area contributed by atoms with Crippen LogP contribution in [0.5, 0.6) is 0 Å². The molecule has 0 aliphatic heterocycles. The number of nitrogens with one attached hydrogen (secondary N) is 2. The van der Waals surface area contributed by atoms with E-state index in [1.54, 1.807) is 25.1 Å². The molecule has 0 radical (unpaired) electrons. The third-order valence-corrected chi connectivity index (χ3v) is 2.52. The Kier molecular flexibility index (Phi) is 6.02. The average molecular weight is 263 g/mol. The molecule has 4 N–H and O–H groups in total. The number of hydrogen-bond donors (Lipinski definition) is 3. The Labute approximate surface area is 113 Å². The summed E-state index contributed by atoms with van der Waals surface area (Å²) in [6.07, 6.45) is 0.302. The van der Waals surface area contributed by atoms with Crippen molar-refractivity contribution in [2.24, 2.45) is 5.73 Å². The fraction of sp³-hybridized carbons (Fsp3) is 0.429. The summed E-state index contributed by atoms with van der Waals surface area (Å²) >= 11 is 0. The van der Waals surface area contributed by atoms with Crippen LogP contribution < -0.4 is 16.4 Å². The van der Waals surface area contributed by atoms with Crippen LogP contribution in [-0.4, -0.2) is 24.4 Å². The molecule has 0 saturated carbocycles. The molecular weight excluding hydrogens is 242 g/mol. The van der Waals surface area contributed by atoms with Gasteiger partial charge in [0, 0.05) is 31.1 Å². The molecule has 0 aliphatic rings. The Balaban J connectivity index is 2.57. The smallest absolute Gasteiger partial charge is 0.251 e. The van der Waals surface area contributed by atoms with Gasteiger partial charge in [-0.05, 0) is 31.5 Å². The lowest BCUT2D eigenvalue weighted by Gasteiger charge is -2.08. The maximum Gasteiger partial charge on any atom is 0.251 e. The largest absolute Gasteiger partial charge is 0.352 e. The van der Waals surface area contributed by atoms with Gasteiger partial charge >= 0.3 is 0 Å². The van der Waals surface area contributed by atoms with E-state index in [4.69, 9.17) is 5.73 Å². The molecule has 1 atom stereocenters. The van der Waals surface area contributed by atoms with E-state index in [0.29, 0.717) is 25.1 Å². The first kappa shape index (κ1) is 15.2. The zero-order valence-electron chi connectivity index (χ0n) is 11.4. The molecule has 0 aliphatic carbocycles. The van der Waals surface area contributed by atoms with E-state index in [0.717, 1.165) is 5.56 Å². The molecule has 0 spiro atoms. The second kappa shape index (κ2) is 7.53. The number of rotatable bonds is 6. The molecule has 1 unspecified atom stereocenters. The minimum atomic E-state index is -0.151. The molecule has 0 aromatic heterocycles. The molecule has 0 heterocycles. The molecular formula is C14H21N3O2. The third-order valence-electron chi connectivity index (χ3n) is 2.52. The van der Waals surface area contributed by atoms with Gasteiger partial charge in [0.05, 0.1) is 0 Å². The Hall–Kier alpha value is -1.88. The molecule has 0 saturated heterocycles. The van der Waals surface area contributed by atoms with E-state index < -0.39 is 0 Å². The number of carbonyl (C=O) groups is 2. The SMILES string of the molecule is CCNC(=O)c1cccc(CNC(=O)CC(C)N)c1. The first-order valence-corrected chi connectivity index (χ1v) is 6.42. The van der Waals surface area contributed by atoms with E-state index in [-0.39, 0.29) is 17.9 Å². The summed E-state index contributed by atoms with van der Waals surface area (Å²) < 4.78 is 0. The van der Waals surface area contributed by atoms with Gasteiger partial charge in [-0.2, -0.15) is 0 Å². The standard InChI is InChI=1S/C14H21N3O2/c1-3-16-14(19)12-6-4-5-11(8-12)9-17-13(18)7-10(2)15/h4-6,8,10H,3,7,9,15H2,1-2H3,(H,16,19)(H,17,18). The van der Waals surface area contributed by atoms with Gasteiger partial charge in [-0.15, -0.1) is 0 Å². The van der Waals surface area contributed by atoms with E-state index in [1.165, 1.54) is 0 Å². The molecule has 5 nitrogen and oxygen atoms in total. The summed E-state index contributed by atoms with van der Waals surface area (Å²) in [6, 6.07) is 7.05. The molecule has 1 aromatic rings. The van der Waals surface area contributed by atoms with Crippen LogP contribution in [0.15, 0.2) is 24.3 Å². The lowest BCUT2D eigenvalue weighted by atomic mass is 10.1. The Bertz CT molecular complexity index is 444. The number of benzene rings is 1. The van der Waals surface area contributed by atoms with Crippen LogP contribution in [-0.2, 0) is 11.3 Å². The fourth-order valence-corrected chi connectivity index (χ4v) is 1.65. The average Bonchev–Trinajstić information content (AvgIpc) is 2.36. The quantitative estimate of drug-likeness (QED) is 0.709. The van der Waals surface area contributed by atoms with Crippen LogP contribution in [0.4, 0.5) is 0 Å². The number of carbonyl (C=O) groups excluding carboxylic acids is 2. The van der Waals surface area contributed by atoms with Crippen LogP contribution in [0.1, 0.15) is 36.2 Å². The molecule has 1 aromatic carbocycles. The topological polar surface area (TPSA) is 84.2 Å². The number of hydrogen-bond acceptors (Lipinski definition) is 3. The summed E-state index contributed by atoms with van der Waals surface area (Å²) in [4.78, 5) is 23.1. The monoisotopic (exact) mass is 263 g/mol. The maximum atomic E-state index is 11.7. The fourth-order valence-electron chi connectivity index (χ4n) is 1.65. The van der Waals surface area contributed by atoms with E-state index in [1.807, 2.05) is 13.0 Å². The molecule has 1 rings (SSSR count). The molecule has 0 bridgehead atoms. The minimum absolute atomic E-state index is 0.0848. The predicted octanol–water partition coefficient (Wildman–Crippen LogP) is 0.790. The van der Waals surface area contributed by atoms with Gasteiger partial charge in [0.1, 0.15) is 0 Å². The summed E-state index contributed by atoms with van der Waals surface area (Å²) in [7, 11) is 0. The minimum Gasteiger partial charge on any atom is -0.352 e. The lowest BCUT2D eigenvalue weighted by Crippen LogP contribution is -2.29. The van der Waals surface area contributed by atoms with E-state index in [2.05, 4.69) is 10.6 Å². The highest BCUT2D eigenvalue weighted by molar-refractivity contribution is 5.94. The maximum absolute atomic E-state index is 11.7. The van der Waals surface area contributed by atoms with Crippen LogP contribution in [0.25, 0.3) is 0 Å². The predicted molar refractivity (Wildman–Crippen MR) is 74.6 cm³/mol. The van der Waals surface area contributed by atoms with Gasteiger partial charge in [-0.25, -0.2) is 0 Å².